The molecule has 1 aliphatic heterocycles. The van der Waals surface area contributed by atoms with Gasteiger partial charge in [0.2, 0.25) is 0 Å². The van der Waals surface area contributed by atoms with Gasteiger partial charge in [0.1, 0.15) is 5.60 Å². The summed E-state index contributed by atoms with van der Waals surface area (Å²) in [5.41, 5.74) is -0.165. The van der Waals surface area contributed by atoms with Crippen LogP contribution in [0.1, 0.15) is 56.7 Å². The number of rotatable bonds is 6. The van der Waals surface area contributed by atoms with Gasteiger partial charge in [-0.2, -0.15) is 0 Å². The number of ether oxygens (including phenoxy) is 1. The fourth-order valence-corrected chi connectivity index (χ4v) is 4.66. The molecule has 2 fully saturated rings. The van der Waals surface area contributed by atoms with Crippen LogP contribution in [0.4, 0.5) is 4.79 Å². The Morgan fingerprint density at radius 3 is 2.47 bits per heavy atom. The lowest BCUT2D eigenvalue weighted by molar-refractivity contribution is -0.103. The number of nitrogens with zero attached hydrogens (tertiary/aromatic N) is 2. The van der Waals surface area contributed by atoms with E-state index in [9.17, 15) is 14.7 Å². The maximum Gasteiger partial charge on any atom is 0.411 e. The first-order chi connectivity index (χ1) is 14.2. The minimum atomic E-state index is -0.986. The van der Waals surface area contributed by atoms with E-state index in [0.29, 0.717) is 25.3 Å². The van der Waals surface area contributed by atoms with Crippen LogP contribution < -0.4 is 5.56 Å². The summed E-state index contributed by atoms with van der Waals surface area (Å²) < 4.78 is 7.66. The molecule has 2 unspecified atom stereocenters. The number of carbonyl (C=O) groups excluding carboxylic acids is 1. The Balaban J connectivity index is 1.65. The second kappa shape index (κ2) is 7.58. The summed E-state index contributed by atoms with van der Waals surface area (Å²) in [5, 5.41) is 10.5. The summed E-state index contributed by atoms with van der Waals surface area (Å²) in [7, 11) is 1.72. The zero-order valence-electron chi connectivity index (χ0n) is 17.9. The standard InChI is InChI=1S/C24H30N2O4/c1-23(2,29)16-24(19-7-5-4-6-8-19)12-14-26(22(28)30-24)21(17-9-10-17)18-11-13-25(3)20(27)15-18/h4-8,11,13,15,17,21,29H,9-10,12,14,16H2,1-3H3. The summed E-state index contributed by atoms with van der Waals surface area (Å²) in [6, 6.07) is 13.1. The highest BCUT2D eigenvalue weighted by molar-refractivity contribution is 5.70. The Bertz CT molecular complexity index is 975. The average Bonchev–Trinajstić information content (AvgIpc) is 3.51. The highest BCUT2D eigenvalue weighted by Crippen LogP contribution is 2.48. The fourth-order valence-electron chi connectivity index (χ4n) is 4.66. The molecule has 0 bridgehead atoms. The summed E-state index contributed by atoms with van der Waals surface area (Å²) in [6.45, 7) is 4.00. The number of cyclic esters (lactones) is 1. The van der Waals surface area contributed by atoms with Gasteiger partial charge in [0.25, 0.3) is 5.56 Å². The van der Waals surface area contributed by atoms with Crippen molar-refractivity contribution in [1.29, 1.82) is 0 Å². The SMILES string of the molecule is Cn1ccc(C(C2CC2)N2CCC(CC(C)(C)O)(c3ccccc3)OC2=O)cc1=O. The van der Waals surface area contributed by atoms with E-state index < -0.39 is 11.2 Å². The first-order valence-electron chi connectivity index (χ1n) is 10.6. The van der Waals surface area contributed by atoms with E-state index in [1.165, 1.54) is 4.57 Å². The molecule has 1 aliphatic carbocycles. The van der Waals surface area contributed by atoms with Crippen LogP contribution >= 0.6 is 0 Å². The number of hydrogen-bond acceptors (Lipinski definition) is 4. The molecule has 0 radical (unpaired) electrons. The normalized spacial score (nSPS) is 23.2. The molecule has 160 valence electrons. The lowest BCUT2D eigenvalue weighted by Gasteiger charge is -2.46. The van der Waals surface area contributed by atoms with Gasteiger partial charge in [0, 0.05) is 38.7 Å². The number of benzene rings is 1. The first-order valence-corrected chi connectivity index (χ1v) is 10.6. The smallest absolute Gasteiger partial charge is 0.411 e. The van der Waals surface area contributed by atoms with E-state index in [-0.39, 0.29) is 17.7 Å². The van der Waals surface area contributed by atoms with Crippen LogP contribution in [0.3, 0.4) is 0 Å². The summed E-state index contributed by atoms with van der Waals surface area (Å²) in [6.07, 6.45) is 4.36. The van der Waals surface area contributed by atoms with Gasteiger partial charge in [0.05, 0.1) is 11.6 Å². The third-order valence-corrected chi connectivity index (χ3v) is 6.17. The lowest BCUT2D eigenvalue weighted by atomic mass is 9.80. The topological polar surface area (TPSA) is 71.8 Å². The van der Waals surface area contributed by atoms with Crippen molar-refractivity contribution in [2.75, 3.05) is 6.54 Å². The maximum atomic E-state index is 13.3. The van der Waals surface area contributed by atoms with Gasteiger partial charge >= 0.3 is 6.09 Å². The van der Waals surface area contributed by atoms with Gasteiger partial charge in [-0.05, 0) is 49.8 Å². The molecule has 4 rings (SSSR count). The zero-order valence-corrected chi connectivity index (χ0v) is 17.9. The number of aryl methyl sites for hydroxylation is 1. The Morgan fingerprint density at radius 1 is 1.20 bits per heavy atom. The summed E-state index contributed by atoms with van der Waals surface area (Å²) in [4.78, 5) is 27.3. The minimum Gasteiger partial charge on any atom is -0.438 e. The summed E-state index contributed by atoms with van der Waals surface area (Å²) >= 11 is 0. The predicted octanol–water partition coefficient (Wildman–Crippen LogP) is 3.74. The van der Waals surface area contributed by atoms with Crippen LogP contribution in [0.5, 0.6) is 0 Å². The van der Waals surface area contributed by atoms with E-state index in [2.05, 4.69) is 0 Å². The van der Waals surface area contributed by atoms with E-state index in [1.54, 1.807) is 38.1 Å². The van der Waals surface area contributed by atoms with Crippen molar-refractivity contribution < 1.29 is 14.6 Å². The lowest BCUT2D eigenvalue weighted by Crippen LogP contribution is -2.51. The van der Waals surface area contributed by atoms with Crippen molar-refractivity contribution in [1.82, 2.24) is 9.47 Å². The first kappa shape index (κ1) is 20.7. The molecule has 1 N–H and O–H groups in total. The molecule has 1 aromatic carbocycles. The van der Waals surface area contributed by atoms with Crippen LogP contribution in [-0.4, -0.2) is 32.8 Å². The molecule has 6 heteroatoms. The van der Waals surface area contributed by atoms with Crippen molar-refractivity contribution in [3.63, 3.8) is 0 Å². The van der Waals surface area contributed by atoms with Crippen molar-refractivity contribution >= 4 is 6.09 Å². The molecular formula is C24H30N2O4. The average molecular weight is 411 g/mol. The number of aromatic nitrogens is 1. The van der Waals surface area contributed by atoms with Crippen LogP contribution in [0.2, 0.25) is 0 Å². The van der Waals surface area contributed by atoms with Gasteiger partial charge in [-0.3, -0.25) is 4.79 Å². The van der Waals surface area contributed by atoms with Crippen LogP contribution in [0.15, 0.2) is 53.5 Å². The summed E-state index contributed by atoms with van der Waals surface area (Å²) in [5.74, 6) is 0.350. The number of carbonyl (C=O) groups is 1. The van der Waals surface area contributed by atoms with E-state index >= 15 is 0 Å². The molecule has 1 saturated heterocycles. The van der Waals surface area contributed by atoms with Crippen LogP contribution in [-0.2, 0) is 17.4 Å². The van der Waals surface area contributed by atoms with Crippen molar-refractivity contribution in [3.8, 4) is 0 Å². The molecule has 1 aromatic heterocycles. The van der Waals surface area contributed by atoms with Crippen molar-refractivity contribution in [2.24, 2.45) is 13.0 Å². The number of amides is 1. The number of pyridine rings is 1. The number of aliphatic hydroxyl groups is 1. The van der Waals surface area contributed by atoms with Gasteiger partial charge in [-0.1, -0.05) is 30.3 Å². The van der Waals surface area contributed by atoms with Gasteiger partial charge in [0.15, 0.2) is 0 Å². The highest BCUT2D eigenvalue weighted by atomic mass is 16.6. The Hall–Kier alpha value is -2.60. The molecule has 2 aliphatic rings. The monoisotopic (exact) mass is 410 g/mol. The Morgan fingerprint density at radius 2 is 1.90 bits per heavy atom. The second-order valence-corrected chi connectivity index (χ2v) is 9.35. The van der Waals surface area contributed by atoms with Gasteiger partial charge in [-0.25, -0.2) is 4.79 Å². The predicted molar refractivity (Wildman–Crippen MR) is 114 cm³/mol. The largest absolute Gasteiger partial charge is 0.438 e. The number of hydrogen-bond donors (Lipinski definition) is 1. The fraction of sp³-hybridized carbons (Fsp3) is 0.500. The van der Waals surface area contributed by atoms with Gasteiger partial charge < -0.3 is 19.3 Å². The highest BCUT2D eigenvalue weighted by Gasteiger charge is 2.49. The Labute approximate surface area is 177 Å². The molecule has 6 nitrogen and oxygen atoms in total. The van der Waals surface area contributed by atoms with Crippen molar-refractivity contribution in [2.45, 2.75) is 56.8 Å². The minimum absolute atomic E-state index is 0.0795. The van der Waals surface area contributed by atoms with E-state index in [4.69, 9.17) is 4.74 Å². The molecule has 2 atom stereocenters. The van der Waals surface area contributed by atoms with E-state index in [1.807, 2.05) is 36.4 Å². The van der Waals surface area contributed by atoms with Gasteiger partial charge in [-0.15, -0.1) is 0 Å². The zero-order chi connectivity index (χ0) is 21.5. The van der Waals surface area contributed by atoms with Crippen LogP contribution in [0, 0.1) is 5.92 Å². The molecule has 0 spiro atoms. The van der Waals surface area contributed by atoms with Crippen molar-refractivity contribution in [3.05, 3.63) is 70.1 Å². The van der Waals surface area contributed by atoms with Crippen LogP contribution in [0.25, 0.3) is 0 Å². The Kier molecular flexibility index (Phi) is 5.22. The maximum absolute atomic E-state index is 13.3. The second-order valence-electron chi connectivity index (χ2n) is 9.35. The van der Waals surface area contributed by atoms with E-state index in [0.717, 1.165) is 24.0 Å². The molecule has 2 aromatic rings. The molecular weight excluding hydrogens is 380 g/mol. The molecule has 1 saturated carbocycles. The molecule has 2 heterocycles. The third kappa shape index (κ3) is 4.15. The molecule has 30 heavy (non-hydrogen) atoms. The third-order valence-electron chi connectivity index (χ3n) is 6.17. The molecule has 1 amide bonds. The quantitative estimate of drug-likeness (QED) is 0.788.